The van der Waals surface area contributed by atoms with Crippen LogP contribution in [0.1, 0.15) is 30.1 Å². The van der Waals surface area contributed by atoms with Gasteiger partial charge in [-0.05, 0) is 37.5 Å². The highest BCUT2D eigenvalue weighted by Crippen LogP contribution is 2.39. The fourth-order valence-electron chi connectivity index (χ4n) is 2.19. The summed E-state index contributed by atoms with van der Waals surface area (Å²) in [5, 5.41) is 3.29. The minimum absolute atomic E-state index is 0.457. The Morgan fingerprint density at radius 3 is 2.62 bits per heavy atom. The average molecular weight is 285 g/mol. The molecule has 110 valence electrons. The van der Waals surface area contributed by atoms with Crippen LogP contribution in [-0.4, -0.2) is 17.1 Å². The Bertz CT molecular complexity index is 655. The van der Waals surface area contributed by atoms with Crippen molar-refractivity contribution in [3.63, 3.8) is 0 Å². The number of nitrogens with one attached hydrogen (secondary N) is 2. The maximum atomic E-state index is 5.49. The summed E-state index contributed by atoms with van der Waals surface area (Å²) >= 11 is 0. The minimum atomic E-state index is 0.457. The van der Waals surface area contributed by atoms with E-state index in [1.54, 1.807) is 13.2 Å². The van der Waals surface area contributed by atoms with E-state index >= 15 is 0 Å². The number of nitrogen functional groups attached to an aromatic ring is 1. The Balaban J connectivity index is 1.93. The highest BCUT2D eigenvalue weighted by atomic mass is 16.5. The number of hydrogen-bond donors (Lipinski definition) is 3. The Morgan fingerprint density at radius 1 is 1.19 bits per heavy atom. The lowest BCUT2D eigenvalue weighted by molar-refractivity contribution is 0.416. The van der Waals surface area contributed by atoms with Crippen molar-refractivity contribution in [2.75, 3.05) is 17.9 Å². The Labute approximate surface area is 123 Å². The smallest absolute Gasteiger partial charge is 0.145 e. The highest BCUT2D eigenvalue weighted by Gasteiger charge is 2.27. The van der Waals surface area contributed by atoms with Crippen molar-refractivity contribution in [2.45, 2.75) is 25.7 Å². The molecule has 1 aliphatic rings. The van der Waals surface area contributed by atoms with Gasteiger partial charge in [-0.3, -0.25) is 0 Å². The van der Waals surface area contributed by atoms with Crippen molar-refractivity contribution in [1.82, 2.24) is 9.97 Å². The number of ether oxygens (including phenoxy) is 1. The van der Waals surface area contributed by atoms with Crippen LogP contribution in [0, 0.1) is 6.92 Å². The molecule has 0 unspecified atom stereocenters. The van der Waals surface area contributed by atoms with Crippen LogP contribution in [0.2, 0.25) is 0 Å². The predicted octanol–water partition coefficient (Wildman–Crippen LogP) is 2.70. The SMILES string of the molecule is COc1ccc(C)cc1Nc1cc(NN)nc(C2CC2)n1. The molecule has 2 aromatic rings. The monoisotopic (exact) mass is 285 g/mol. The molecule has 0 radical (unpaired) electrons. The molecule has 3 rings (SSSR count). The minimum Gasteiger partial charge on any atom is -0.495 e. The van der Waals surface area contributed by atoms with E-state index in [0.717, 1.165) is 35.7 Å². The standard InChI is InChI=1S/C15H19N5O/c1-9-3-6-12(21-2)11(7-9)17-13-8-14(20-16)19-15(18-13)10-4-5-10/h3,6-8,10H,4-5,16H2,1-2H3,(H2,17,18,19,20). The van der Waals surface area contributed by atoms with Crippen molar-refractivity contribution in [2.24, 2.45) is 5.84 Å². The molecule has 0 bridgehead atoms. The van der Waals surface area contributed by atoms with Gasteiger partial charge in [0.05, 0.1) is 12.8 Å². The van der Waals surface area contributed by atoms with Gasteiger partial charge < -0.3 is 15.5 Å². The van der Waals surface area contributed by atoms with Gasteiger partial charge in [0.25, 0.3) is 0 Å². The fourth-order valence-corrected chi connectivity index (χ4v) is 2.19. The average Bonchev–Trinajstić information content (AvgIpc) is 3.32. The summed E-state index contributed by atoms with van der Waals surface area (Å²) in [5.41, 5.74) is 4.61. The van der Waals surface area contributed by atoms with Crippen molar-refractivity contribution in [1.29, 1.82) is 0 Å². The lowest BCUT2D eigenvalue weighted by Crippen LogP contribution is -2.11. The summed E-state index contributed by atoms with van der Waals surface area (Å²) in [4.78, 5) is 8.97. The lowest BCUT2D eigenvalue weighted by Gasteiger charge is -2.13. The summed E-state index contributed by atoms with van der Waals surface area (Å²) in [6.07, 6.45) is 2.28. The van der Waals surface area contributed by atoms with Gasteiger partial charge in [-0.2, -0.15) is 0 Å². The second-order valence-electron chi connectivity index (χ2n) is 5.24. The Morgan fingerprint density at radius 2 is 1.95 bits per heavy atom. The van der Waals surface area contributed by atoms with Crippen molar-refractivity contribution < 1.29 is 4.74 Å². The number of rotatable bonds is 5. The molecule has 1 aliphatic carbocycles. The third kappa shape index (κ3) is 3.05. The number of benzene rings is 1. The zero-order valence-electron chi connectivity index (χ0n) is 12.2. The third-order valence-electron chi connectivity index (χ3n) is 3.45. The van der Waals surface area contributed by atoms with Gasteiger partial charge >= 0.3 is 0 Å². The zero-order chi connectivity index (χ0) is 14.8. The lowest BCUT2D eigenvalue weighted by atomic mass is 10.2. The fraction of sp³-hybridized carbons (Fsp3) is 0.333. The van der Waals surface area contributed by atoms with Gasteiger partial charge in [0, 0.05) is 12.0 Å². The summed E-state index contributed by atoms with van der Waals surface area (Å²) in [5.74, 6) is 8.88. The van der Waals surface area contributed by atoms with Crippen LogP contribution in [0.4, 0.5) is 17.3 Å². The van der Waals surface area contributed by atoms with E-state index in [1.807, 2.05) is 25.1 Å². The number of aromatic nitrogens is 2. The number of aryl methyl sites for hydroxylation is 1. The van der Waals surface area contributed by atoms with Gasteiger partial charge in [-0.25, -0.2) is 15.8 Å². The first kappa shape index (κ1) is 13.6. The van der Waals surface area contributed by atoms with Crippen LogP contribution in [0.3, 0.4) is 0 Å². The van der Waals surface area contributed by atoms with E-state index in [4.69, 9.17) is 10.6 Å². The molecule has 1 fully saturated rings. The molecule has 0 spiro atoms. The van der Waals surface area contributed by atoms with Gasteiger partial charge in [-0.1, -0.05) is 6.07 Å². The summed E-state index contributed by atoms with van der Waals surface area (Å²) < 4.78 is 5.37. The van der Waals surface area contributed by atoms with Crippen LogP contribution in [0.5, 0.6) is 5.75 Å². The molecule has 6 heteroatoms. The summed E-state index contributed by atoms with van der Waals surface area (Å²) in [7, 11) is 1.65. The van der Waals surface area contributed by atoms with E-state index in [9.17, 15) is 0 Å². The van der Waals surface area contributed by atoms with Crippen molar-refractivity contribution in [3.05, 3.63) is 35.7 Å². The zero-order valence-corrected chi connectivity index (χ0v) is 12.2. The molecule has 1 aromatic carbocycles. The number of hydrogen-bond acceptors (Lipinski definition) is 6. The van der Waals surface area contributed by atoms with Crippen LogP contribution >= 0.6 is 0 Å². The number of hydrazine groups is 1. The van der Waals surface area contributed by atoms with Crippen molar-refractivity contribution in [3.8, 4) is 5.75 Å². The van der Waals surface area contributed by atoms with E-state index in [-0.39, 0.29) is 0 Å². The quantitative estimate of drug-likeness (QED) is 0.578. The van der Waals surface area contributed by atoms with E-state index in [2.05, 4.69) is 20.7 Å². The van der Waals surface area contributed by atoms with Gasteiger partial charge in [-0.15, -0.1) is 0 Å². The number of methoxy groups -OCH3 is 1. The second kappa shape index (κ2) is 5.57. The summed E-state index contributed by atoms with van der Waals surface area (Å²) in [6.45, 7) is 2.03. The highest BCUT2D eigenvalue weighted by molar-refractivity contribution is 5.66. The second-order valence-corrected chi connectivity index (χ2v) is 5.24. The van der Waals surface area contributed by atoms with Crippen molar-refractivity contribution >= 4 is 17.3 Å². The van der Waals surface area contributed by atoms with Gasteiger partial charge in [0.15, 0.2) is 0 Å². The molecule has 4 N–H and O–H groups in total. The first-order chi connectivity index (χ1) is 10.2. The van der Waals surface area contributed by atoms with E-state index in [0.29, 0.717) is 17.6 Å². The molecule has 1 aromatic heterocycles. The molecule has 0 aliphatic heterocycles. The maximum Gasteiger partial charge on any atom is 0.145 e. The summed E-state index contributed by atoms with van der Waals surface area (Å²) in [6, 6.07) is 7.75. The van der Waals surface area contributed by atoms with Crippen LogP contribution in [-0.2, 0) is 0 Å². The van der Waals surface area contributed by atoms with Gasteiger partial charge in [0.1, 0.15) is 23.2 Å². The predicted molar refractivity (Wildman–Crippen MR) is 82.8 cm³/mol. The molecular weight excluding hydrogens is 266 g/mol. The third-order valence-corrected chi connectivity index (χ3v) is 3.45. The molecule has 21 heavy (non-hydrogen) atoms. The largest absolute Gasteiger partial charge is 0.495 e. The normalized spacial score (nSPS) is 13.9. The molecular formula is C15H19N5O. The van der Waals surface area contributed by atoms with Crippen LogP contribution < -0.4 is 21.3 Å². The molecule has 0 saturated heterocycles. The molecule has 0 amide bonds. The maximum absolute atomic E-state index is 5.49. The number of anilines is 3. The molecule has 6 nitrogen and oxygen atoms in total. The van der Waals surface area contributed by atoms with E-state index < -0.39 is 0 Å². The topological polar surface area (TPSA) is 85.1 Å². The van der Waals surface area contributed by atoms with Crippen LogP contribution in [0.15, 0.2) is 24.3 Å². The first-order valence-electron chi connectivity index (χ1n) is 6.97. The Kier molecular flexibility index (Phi) is 3.62. The molecule has 0 atom stereocenters. The number of nitrogens with two attached hydrogens (primary N) is 1. The number of nitrogens with zero attached hydrogens (tertiary/aromatic N) is 2. The van der Waals surface area contributed by atoms with Crippen LogP contribution in [0.25, 0.3) is 0 Å². The first-order valence-corrected chi connectivity index (χ1v) is 6.97. The Hall–Kier alpha value is -2.34. The molecule has 1 saturated carbocycles. The van der Waals surface area contributed by atoms with Gasteiger partial charge in [0.2, 0.25) is 0 Å². The van der Waals surface area contributed by atoms with E-state index in [1.165, 1.54) is 0 Å². The molecule has 1 heterocycles.